The van der Waals surface area contributed by atoms with Gasteiger partial charge in [-0.2, -0.15) is 0 Å². The topological polar surface area (TPSA) is 76.1 Å². The van der Waals surface area contributed by atoms with E-state index in [-0.39, 0.29) is 24.9 Å². The van der Waals surface area contributed by atoms with E-state index in [9.17, 15) is 4.79 Å². The molecule has 0 aliphatic carbocycles. The minimum atomic E-state index is -0.315. The third-order valence-corrected chi connectivity index (χ3v) is 4.50. The molecule has 1 heterocycles. The number of ketones is 1. The Morgan fingerprint density at radius 1 is 1.03 bits per heavy atom. The number of aromatic nitrogens is 1. The minimum Gasteiger partial charge on any atom is -0.496 e. The number of halogens is 1. The predicted octanol–water partition coefficient (Wildman–Crippen LogP) is 5.11. The standard InChI is InChI=1S/C24H28ClNO6/c1-16(2)6-8-19-21(31-14-28-3)11-22(30-5)23(24(19)32-15-29-4)20(27)9-7-17-10-18(25)13-26-12-17/h6-7,9-13H,8,14-15H2,1-5H3/b9-7+. The largest absolute Gasteiger partial charge is 0.496 e. The number of rotatable bonds is 12. The van der Waals surface area contributed by atoms with E-state index in [1.165, 1.54) is 33.6 Å². The van der Waals surface area contributed by atoms with Crippen molar-refractivity contribution in [3.63, 3.8) is 0 Å². The molecule has 8 heteroatoms. The fourth-order valence-electron chi connectivity index (χ4n) is 2.85. The van der Waals surface area contributed by atoms with Crippen LogP contribution < -0.4 is 14.2 Å². The van der Waals surface area contributed by atoms with E-state index in [1.54, 1.807) is 24.4 Å². The van der Waals surface area contributed by atoms with Crippen LogP contribution in [0.2, 0.25) is 5.02 Å². The molecule has 172 valence electrons. The van der Waals surface area contributed by atoms with Gasteiger partial charge < -0.3 is 23.7 Å². The first kappa shape index (κ1) is 25.4. The Labute approximate surface area is 193 Å². The van der Waals surface area contributed by atoms with Gasteiger partial charge in [-0.1, -0.05) is 23.3 Å². The lowest BCUT2D eigenvalue weighted by Crippen LogP contribution is -2.12. The summed E-state index contributed by atoms with van der Waals surface area (Å²) in [6.07, 6.45) is 8.68. The monoisotopic (exact) mass is 461 g/mol. The molecule has 7 nitrogen and oxygen atoms in total. The van der Waals surface area contributed by atoms with Crippen LogP contribution in [-0.2, 0) is 15.9 Å². The number of allylic oxidation sites excluding steroid dienone is 3. The van der Waals surface area contributed by atoms with Gasteiger partial charge in [-0.3, -0.25) is 9.78 Å². The van der Waals surface area contributed by atoms with Gasteiger partial charge in [-0.15, -0.1) is 0 Å². The molecule has 0 aliphatic rings. The number of hydrogen-bond donors (Lipinski definition) is 0. The molecule has 0 saturated carbocycles. The number of benzene rings is 1. The maximum absolute atomic E-state index is 13.3. The van der Waals surface area contributed by atoms with Crippen LogP contribution >= 0.6 is 11.6 Å². The molecule has 0 bridgehead atoms. The molecule has 0 aliphatic heterocycles. The van der Waals surface area contributed by atoms with E-state index in [1.807, 2.05) is 19.9 Å². The van der Waals surface area contributed by atoms with Crippen molar-refractivity contribution in [2.45, 2.75) is 20.3 Å². The average Bonchev–Trinajstić information content (AvgIpc) is 2.78. The van der Waals surface area contributed by atoms with Crippen LogP contribution in [0.3, 0.4) is 0 Å². The van der Waals surface area contributed by atoms with Crippen molar-refractivity contribution >= 4 is 23.5 Å². The highest BCUT2D eigenvalue weighted by molar-refractivity contribution is 6.30. The Kier molecular flexibility index (Phi) is 10.2. The fourth-order valence-corrected chi connectivity index (χ4v) is 3.03. The highest BCUT2D eigenvalue weighted by atomic mass is 35.5. The number of hydrogen-bond acceptors (Lipinski definition) is 7. The Balaban J connectivity index is 2.62. The number of carbonyl (C=O) groups is 1. The summed E-state index contributed by atoms with van der Waals surface area (Å²) in [7, 11) is 4.52. The fraction of sp³-hybridized carbons (Fsp3) is 0.333. The second kappa shape index (κ2) is 12.9. The average molecular weight is 462 g/mol. The zero-order valence-electron chi connectivity index (χ0n) is 18.9. The van der Waals surface area contributed by atoms with Gasteiger partial charge in [0.15, 0.2) is 19.4 Å². The van der Waals surface area contributed by atoms with Gasteiger partial charge in [0.25, 0.3) is 0 Å². The molecule has 0 atom stereocenters. The molecule has 32 heavy (non-hydrogen) atoms. The van der Waals surface area contributed by atoms with Gasteiger partial charge >= 0.3 is 0 Å². The second-order valence-corrected chi connectivity index (χ2v) is 7.42. The molecule has 2 aromatic rings. The van der Waals surface area contributed by atoms with E-state index in [4.69, 9.17) is 35.3 Å². The molecule has 1 aromatic carbocycles. The lowest BCUT2D eigenvalue weighted by atomic mass is 9.99. The van der Waals surface area contributed by atoms with Crippen LogP contribution in [0, 0.1) is 0 Å². The third-order valence-electron chi connectivity index (χ3n) is 4.29. The van der Waals surface area contributed by atoms with Gasteiger partial charge in [-0.25, -0.2) is 0 Å². The van der Waals surface area contributed by atoms with Gasteiger partial charge in [0, 0.05) is 38.2 Å². The van der Waals surface area contributed by atoms with Crippen LogP contribution in [0.15, 0.2) is 42.3 Å². The molecule has 2 rings (SSSR count). The van der Waals surface area contributed by atoms with Crippen LogP contribution in [0.1, 0.15) is 35.3 Å². The third kappa shape index (κ3) is 7.09. The molecule has 0 saturated heterocycles. The molecular weight excluding hydrogens is 434 g/mol. The highest BCUT2D eigenvalue weighted by Gasteiger charge is 2.25. The van der Waals surface area contributed by atoms with E-state index in [0.717, 1.165) is 5.57 Å². The molecule has 0 amide bonds. The van der Waals surface area contributed by atoms with Crippen molar-refractivity contribution in [1.29, 1.82) is 0 Å². The molecule has 0 N–H and O–H groups in total. The van der Waals surface area contributed by atoms with Crippen molar-refractivity contribution in [2.75, 3.05) is 34.9 Å². The first-order chi connectivity index (χ1) is 15.4. The molecule has 0 unspecified atom stereocenters. The number of pyridine rings is 1. The molecule has 0 fully saturated rings. The van der Waals surface area contributed by atoms with Gasteiger partial charge in [0.05, 0.1) is 12.1 Å². The highest BCUT2D eigenvalue weighted by Crippen LogP contribution is 2.41. The van der Waals surface area contributed by atoms with Gasteiger partial charge in [-0.05, 0) is 44.1 Å². The van der Waals surface area contributed by atoms with E-state index in [0.29, 0.717) is 39.8 Å². The van der Waals surface area contributed by atoms with Gasteiger partial charge in [0.2, 0.25) is 0 Å². The lowest BCUT2D eigenvalue weighted by molar-refractivity contribution is 0.0441. The second-order valence-electron chi connectivity index (χ2n) is 6.98. The SMILES string of the molecule is COCOc1cc(OC)c(C(=O)/C=C/c2cncc(Cl)c2)c(OCOC)c1CC=C(C)C. The smallest absolute Gasteiger partial charge is 0.193 e. The number of ether oxygens (including phenoxy) is 5. The first-order valence-corrected chi connectivity index (χ1v) is 10.2. The molecular formula is C24H28ClNO6. The van der Waals surface area contributed by atoms with E-state index >= 15 is 0 Å². The zero-order chi connectivity index (χ0) is 23.5. The Bertz CT molecular complexity index is 983. The maximum Gasteiger partial charge on any atom is 0.193 e. The summed E-state index contributed by atoms with van der Waals surface area (Å²) in [4.78, 5) is 17.3. The quantitative estimate of drug-likeness (QED) is 0.188. The summed E-state index contributed by atoms with van der Waals surface area (Å²) >= 11 is 5.98. The summed E-state index contributed by atoms with van der Waals surface area (Å²) in [5.41, 5.74) is 2.74. The molecule has 0 spiro atoms. The summed E-state index contributed by atoms with van der Waals surface area (Å²) < 4.78 is 27.3. The Morgan fingerprint density at radius 3 is 2.38 bits per heavy atom. The van der Waals surface area contributed by atoms with E-state index in [2.05, 4.69) is 4.98 Å². The van der Waals surface area contributed by atoms with Crippen molar-refractivity contribution in [3.8, 4) is 17.2 Å². The molecule has 0 radical (unpaired) electrons. The maximum atomic E-state index is 13.3. The predicted molar refractivity (Wildman–Crippen MR) is 124 cm³/mol. The van der Waals surface area contributed by atoms with E-state index < -0.39 is 0 Å². The lowest BCUT2D eigenvalue weighted by Gasteiger charge is -2.20. The first-order valence-electron chi connectivity index (χ1n) is 9.84. The van der Waals surface area contributed by atoms with Crippen LogP contribution in [-0.4, -0.2) is 45.7 Å². The summed E-state index contributed by atoms with van der Waals surface area (Å²) in [6.45, 7) is 3.95. The number of methoxy groups -OCH3 is 3. The van der Waals surface area contributed by atoms with Crippen molar-refractivity contribution in [3.05, 3.63) is 64.0 Å². The van der Waals surface area contributed by atoms with Crippen molar-refractivity contribution in [2.24, 2.45) is 0 Å². The Morgan fingerprint density at radius 2 is 1.75 bits per heavy atom. The van der Waals surface area contributed by atoms with Crippen molar-refractivity contribution in [1.82, 2.24) is 4.98 Å². The normalized spacial score (nSPS) is 10.8. The van der Waals surface area contributed by atoms with Crippen LogP contribution in [0.5, 0.6) is 17.2 Å². The Hall–Kier alpha value is -2.87. The minimum absolute atomic E-state index is 0.0314. The summed E-state index contributed by atoms with van der Waals surface area (Å²) in [5.74, 6) is 0.812. The molecule has 1 aromatic heterocycles. The van der Waals surface area contributed by atoms with Crippen LogP contribution in [0.25, 0.3) is 6.08 Å². The van der Waals surface area contributed by atoms with Gasteiger partial charge in [0.1, 0.15) is 22.8 Å². The zero-order valence-corrected chi connectivity index (χ0v) is 19.7. The number of nitrogens with zero attached hydrogens (tertiary/aromatic N) is 1. The van der Waals surface area contributed by atoms with Crippen LogP contribution in [0.4, 0.5) is 0 Å². The van der Waals surface area contributed by atoms with Crippen molar-refractivity contribution < 1.29 is 28.5 Å². The summed E-state index contributed by atoms with van der Waals surface area (Å²) in [5, 5.41) is 0.477. The summed E-state index contributed by atoms with van der Waals surface area (Å²) in [6, 6.07) is 3.37. The number of carbonyl (C=O) groups excluding carboxylic acids is 1.